The minimum atomic E-state index is -0.706. The highest BCUT2D eigenvalue weighted by atomic mass is 16.5. The number of ether oxygens (including phenoxy) is 1. The molecule has 4 atom stereocenters. The predicted molar refractivity (Wildman–Crippen MR) is 235 cm³/mol. The molecule has 0 spiro atoms. The first-order valence-corrected chi connectivity index (χ1v) is 21.2. The summed E-state index contributed by atoms with van der Waals surface area (Å²) in [5.74, 6) is 1.90. The number of carbonyl (C=O) groups excluding carboxylic acids is 3. The second-order valence-electron chi connectivity index (χ2n) is 16.8. The van der Waals surface area contributed by atoms with Crippen LogP contribution in [0.1, 0.15) is 69.7 Å². The van der Waals surface area contributed by atoms with Crippen molar-refractivity contribution < 1.29 is 19.1 Å². The number of amides is 3. The smallest absolute Gasteiger partial charge is 0.407 e. The number of aromatic amines is 2. The Labute approximate surface area is 349 Å². The quantitative estimate of drug-likeness (QED) is 0.113. The summed E-state index contributed by atoms with van der Waals surface area (Å²) in [6.45, 7) is 6.66. The molecule has 2 aromatic heterocycles. The van der Waals surface area contributed by atoms with Crippen LogP contribution in [0.2, 0.25) is 0 Å². The fraction of sp³-hybridized carbons (Fsp3) is 0.327. The molecule has 2 aliphatic rings. The molecule has 2 bridgehead atoms. The van der Waals surface area contributed by atoms with Crippen LogP contribution in [0.15, 0.2) is 103 Å². The second kappa shape index (κ2) is 16.3. The van der Waals surface area contributed by atoms with Crippen molar-refractivity contribution in [3.63, 3.8) is 0 Å². The lowest BCUT2D eigenvalue weighted by molar-refractivity contribution is -0.136. The third-order valence-corrected chi connectivity index (χ3v) is 12.5. The van der Waals surface area contributed by atoms with Crippen LogP contribution in [-0.2, 0) is 27.3 Å². The molecular formula is C49H51N7O4. The number of H-pyrrole nitrogens is 2. The van der Waals surface area contributed by atoms with Gasteiger partial charge in [-0.2, -0.15) is 0 Å². The van der Waals surface area contributed by atoms with Crippen molar-refractivity contribution >= 4 is 50.5 Å². The van der Waals surface area contributed by atoms with Crippen molar-refractivity contribution in [3.8, 4) is 22.4 Å². The van der Waals surface area contributed by atoms with Gasteiger partial charge in [-0.25, -0.2) is 14.8 Å². The summed E-state index contributed by atoms with van der Waals surface area (Å²) < 4.78 is 4.78. The number of rotatable bonds is 12. The molecule has 11 heteroatoms. The van der Waals surface area contributed by atoms with Gasteiger partial charge in [-0.3, -0.25) is 9.59 Å². The lowest BCUT2D eigenvalue weighted by Crippen LogP contribution is -2.51. The van der Waals surface area contributed by atoms with Gasteiger partial charge in [-0.1, -0.05) is 93.6 Å². The number of methoxy groups -OCH3 is 1. The fourth-order valence-electron chi connectivity index (χ4n) is 9.51. The Morgan fingerprint density at radius 1 is 0.883 bits per heavy atom. The number of carbonyl (C=O) groups is 3. The van der Waals surface area contributed by atoms with E-state index in [2.05, 4.69) is 80.8 Å². The average Bonchev–Trinajstić information content (AvgIpc) is 4.09. The van der Waals surface area contributed by atoms with Crippen LogP contribution >= 0.6 is 0 Å². The second-order valence-corrected chi connectivity index (χ2v) is 16.8. The summed E-state index contributed by atoms with van der Waals surface area (Å²) in [5.41, 5.74) is 7.04. The highest BCUT2D eigenvalue weighted by Crippen LogP contribution is 2.50. The Morgan fingerprint density at radius 3 is 2.35 bits per heavy atom. The van der Waals surface area contributed by atoms with Crippen molar-refractivity contribution in [1.82, 2.24) is 35.1 Å². The maximum atomic E-state index is 13.6. The molecule has 1 aliphatic heterocycles. The van der Waals surface area contributed by atoms with E-state index in [9.17, 15) is 14.4 Å². The number of aromatic nitrogens is 4. The summed E-state index contributed by atoms with van der Waals surface area (Å²) in [6, 6.07) is 33.3. The Hall–Kier alpha value is -6.49. The van der Waals surface area contributed by atoms with Gasteiger partial charge in [0.1, 0.15) is 17.7 Å². The number of hydrogen-bond acceptors (Lipinski definition) is 6. The van der Waals surface area contributed by atoms with Crippen molar-refractivity contribution in [2.45, 2.75) is 77.5 Å². The van der Waals surface area contributed by atoms with Crippen LogP contribution in [0, 0.1) is 11.8 Å². The van der Waals surface area contributed by atoms with Crippen molar-refractivity contribution in [2.75, 3.05) is 13.7 Å². The van der Waals surface area contributed by atoms with Crippen molar-refractivity contribution in [2.24, 2.45) is 11.8 Å². The van der Waals surface area contributed by atoms with Gasteiger partial charge in [0.25, 0.3) is 0 Å². The van der Waals surface area contributed by atoms with E-state index in [4.69, 9.17) is 14.7 Å². The van der Waals surface area contributed by atoms with Gasteiger partial charge >= 0.3 is 6.09 Å². The topological polar surface area (TPSA) is 136 Å². The number of alkyl carbamates (subject to hydrolysis) is 1. The van der Waals surface area contributed by atoms with Crippen LogP contribution in [0.3, 0.4) is 0 Å². The molecule has 1 aliphatic carbocycles. The van der Waals surface area contributed by atoms with Crippen LogP contribution in [0.25, 0.3) is 55.0 Å². The molecule has 3 amide bonds. The molecule has 1 saturated heterocycles. The van der Waals surface area contributed by atoms with E-state index in [1.165, 1.54) is 7.11 Å². The molecule has 11 nitrogen and oxygen atoms in total. The normalized spacial score (nSPS) is 17.8. The fourth-order valence-corrected chi connectivity index (χ4v) is 9.51. The van der Waals surface area contributed by atoms with E-state index in [1.54, 1.807) is 4.90 Å². The zero-order valence-electron chi connectivity index (χ0n) is 34.6. The number of nitrogens with zero attached hydrogens (tertiary/aromatic N) is 4. The molecule has 0 radical (unpaired) electrons. The molecule has 4 unspecified atom stereocenters. The van der Waals surface area contributed by atoms with Gasteiger partial charge in [0, 0.05) is 23.5 Å². The van der Waals surface area contributed by atoms with E-state index in [-0.39, 0.29) is 29.8 Å². The molecule has 7 aromatic rings. The monoisotopic (exact) mass is 801 g/mol. The standard InChI is InChI=1S/C49H51N7O4/c1-5-21-55(48(58)44(29(2)3)54-49(59)60-4)28-42-51-40-20-17-35-24-34(16-19-39(35)45(40)53-42)31-11-12-33-25-36(14-13-32(33)23-31)41-27-50-47(52-41)46-37-15-18-38(26-37)56(46)43(57)22-30-9-7-6-8-10-30/h6-14,16-17,19-20,23-25,27,29,37-38,44,46H,5,15,18,21-22,26,28H2,1-4H3,(H,50,52)(H,51,53)(H,54,59). The Morgan fingerprint density at radius 2 is 1.60 bits per heavy atom. The molecule has 2 fully saturated rings. The third-order valence-electron chi connectivity index (χ3n) is 12.5. The van der Waals surface area contributed by atoms with Gasteiger partial charge in [-0.05, 0) is 94.6 Å². The van der Waals surface area contributed by atoms with E-state index in [0.717, 1.165) is 92.0 Å². The summed E-state index contributed by atoms with van der Waals surface area (Å²) >= 11 is 0. The number of nitrogens with one attached hydrogen (secondary N) is 3. The Bertz CT molecular complexity index is 2720. The number of likely N-dealkylation sites (tertiary alicyclic amines) is 1. The van der Waals surface area contributed by atoms with E-state index >= 15 is 0 Å². The number of imidazole rings is 2. The molecule has 5 aromatic carbocycles. The van der Waals surface area contributed by atoms with E-state index in [0.29, 0.717) is 31.3 Å². The maximum absolute atomic E-state index is 13.6. The van der Waals surface area contributed by atoms with Gasteiger partial charge in [-0.15, -0.1) is 0 Å². The molecule has 3 N–H and O–H groups in total. The summed E-state index contributed by atoms with van der Waals surface area (Å²) in [7, 11) is 1.30. The Kier molecular flexibility index (Phi) is 10.6. The first-order chi connectivity index (χ1) is 29.2. The summed E-state index contributed by atoms with van der Waals surface area (Å²) in [5, 5.41) is 7.08. The first kappa shape index (κ1) is 39.0. The number of hydrogen-bond donors (Lipinski definition) is 3. The van der Waals surface area contributed by atoms with Gasteiger partial charge < -0.3 is 29.8 Å². The van der Waals surface area contributed by atoms with Gasteiger partial charge in [0.2, 0.25) is 11.8 Å². The van der Waals surface area contributed by atoms with Gasteiger partial charge in [0.05, 0.1) is 49.0 Å². The highest BCUT2D eigenvalue weighted by molar-refractivity contribution is 6.05. The molecule has 9 rings (SSSR count). The zero-order chi connectivity index (χ0) is 41.5. The van der Waals surface area contributed by atoms with Crippen LogP contribution in [0.4, 0.5) is 4.79 Å². The minimum Gasteiger partial charge on any atom is -0.453 e. The lowest BCUT2D eigenvalue weighted by atomic mass is 9.97. The molecule has 3 heterocycles. The molecule has 1 saturated carbocycles. The van der Waals surface area contributed by atoms with E-state index < -0.39 is 12.1 Å². The molecular weight excluding hydrogens is 751 g/mol. The average molecular weight is 802 g/mol. The van der Waals surface area contributed by atoms with Crippen molar-refractivity contribution in [3.05, 3.63) is 120 Å². The van der Waals surface area contributed by atoms with E-state index in [1.807, 2.05) is 63.4 Å². The molecule has 60 heavy (non-hydrogen) atoms. The zero-order valence-corrected chi connectivity index (χ0v) is 34.6. The first-order valence-electron chi connectivity index (χ1n) is 21.2. The SMILES string of the molecule is CCCN(Cc1nc2c(ccc3cc(-c4ccc5cc(-c6cnc(C7C8CCC(C8)N7C(=O)Cc7ccccc7)[nH]6)ccc5c4)ccc32)[nH]1)C(=O)C(NC(=O)OC)C(C)C. The van der Waals surface area contributed by atoms with Crippen LogP contribution in [-0.4, -0.2) is 73.4 Å². The van der Waals surface area contributed by atoms with Crippen LogP contribution < -0.4 is 5.32 Å². The minimum absolute atomic E-state index is 0.0162. The van der Waals surface area contributed by atoms with Crippen LogP contribution in [0.5, 0.6) is 0 Å². The maximum Gasteiger partial charge on any atom is 0.407 e. The predicted octanol–water partition coefficient (Wildman–Crippen LogP) is 9.34. The Balaban J connectivity index is 0.925. The largest absolute Gasteiger partial charge is 0.453 e. The third kappa shape index (κ3) is 7.48. The van der Waals surface area contributed by atoms with Crippen molar-refractivity contribution in [1.29, 1.82) is 0 Å². The molecule has 306 valence electrons. The summed E-state index contributed by atoms with van der Waals surface area (Å²) in [4.78, 5) is 60.1. The number of fused-ring (bicyclic) bond motifs is 6. The lowest BCUT2D eigenvalue weighted by Gasteiger charge is -2.34. The number of benzene rings is 5. The number of piperidine rings is 1. The highest BCUT2D eigenvalue weighted by Gasteiger charge is 2.49. The summed E-state index contributed by atoms with van der Waals surface area (Å²) in [6.07, 6.45) is 5.71. The van der Waals surface area contributed by atoms with Gasteiger partial charge in [0.15, 0.2) is 0 Å².